The Labute approximate surface area is 344 Å². The van der Waals surface area contributed by atoms with E-state index in [9.17, 15) is 0 Å². The summed E-state index contributed by atoms with van der Waals surface area (Å²) in [7, 11) is 0. The van der Waals surface area contributed by atoms with Crippen LogP contribution in [0.4, 0.5) is 17.1 Å². The predicted octanol–water partition coefficient (Wildman–Crippen LogP) is 15.6. The molecule has 276 valence electrons. The Morgan fingerprint density at radius 2 is 0.949 bits per heavy atom. The van der Waals surface area contributed by atoms with Crippen LogP contribution in [0.1, 0.15) is 27.8 Å². The highest BCUT2D eigenvalue weighted by Gasteiger charge is 2.24. The summed E-state index contributed by atoms with van der Waals surface area (Å²) in [6, 6.07) is 76.3. The van der Waals surface area contributed by atoms with Crippen molar-refractivity contribution in [3.63, 3.8) is 0 Å². The zero-order valence-electron chi connectivity index (χ0n) is 32.6. The molecule has 2 aliphatic carbocycles. The van der Waals surface area contributed by atoms with Crippen molar-refractivity contribution in [1.29, 1.82) is 0 Å². The van der Waals surface area contributed by atoms with Crippen molar-refractivity contribution < 1.29 is 0 Å². The van der Waals surface area contributed by atoms with Crippen LogP contribution < -0.4 is 4.90 Å². The molecule has 2 aliphatic rings. The molecule has 0 heterocycles. The molecule has 0 unspecified atom stereocenters. The van der Waals surface area contributed by atoms with Crippen LogP contribution in [0, 0.1) is 0 Å². The van der Waals surface area contributed by atoms with Crippen molar-refractivity contribution in [2.24, 2.45) is 0 Å². The number of anilines is 3. The smallest absolute Gasteiger partial charge is 0.0464 e. The number of allylic oxidation sites excluding steroid dienone is 1. The number of rotatable bonds is 6. The molecule has 59 heavy (non-hydrogen) atoms. The van der Waals surface area contributed by atoms with Gasteiger partial charge in [-0.3, -0.25) is 0 Å². The first-order valence-corrected chi connectivity index (χ1v) is 20.7. The molecule has 0 bridgehead atoms. The third-order valence-corrected chi connectivity index (χ3v) is 12.7. The van der Waals surface area contributed by atoms with Crippen LogP contribution in [0.2, 0.25) is 0 Å². The topological polar surface area (TPSA) is 3.24 Å². The minimum atomic E-state index is 0.915. The lowest BCUT2D eigenvalue weighted by atomic mass is 9.93. The fourth-order valence-corrected chi connectivity index (χ4v) is 9.78. The summed E-state index contributed by atoms with van der Waals surface area (Å²) in [6.45, 7) is 0. The van der Waals surface area contributed by atoms with Gasteiger partial charge in [-0.2, -0.15) is 0 Å². The summed E-state index contributed by atoms with van der Waals surface area (Å²) in [6.07, 6.45) is 4.27. The molecule has 0 saturated heterocycles. The van der Waals surface area contributed by atoms with E-state index in [0.717, 1.165) is 29.9 Å². The van der Waals surface area contributed by atoms with E-state index in [1.54, 1.807) is 0 Å². The van der Waals surface area contributed by atoms with Crippen molar-refractivity contribution in [3.8, 4) is 33.4 Å². The molecular weight excluding hydrogens is 711 g/mol. The van der Waals surface area contributed by atoms with Gasteiger partial charge >= 0.3 is 0 Å². The molecule has 0 atom stereocenters. The SMILES string of the molecule is C1=C(c2ccc3c4c(ccc3c2)-c2ccc(N(c3ccc(-c5ccccc5)cc3)c3ccc(-c5cc6ccccc6c6ccccc56)cc3)cc2C4)Cc2ccccc21. The zero-order chi connectivity index (χ0) is 38.9. The fourth-order valence-electron chi connectivity index (χ4n) is 9.78. The van der Waals surface area contributed by atoms with Gasteiger partial charge < -0.3 is 4.90 Å². The van der Waals surface area contributed by atoms with E-state index >= 15 is 0 Å². The summed E-state index contributed by atoms with van der Waals surface area (Å²) >= 11 is 0. The van der Waals surface area contributed by atoms with Gasteiger partial charge in [-0.25, -0.2) is 0 Å². The predicted molar refractivity (Wildman–Crippen MR) is 251 cm³/mol. The van der Waals surface area contributed by atoms with Crippen LogP contribution in [0.15, 0.2) is 206 Å². The Hall–Kier alpha value is -7.48. The van der Waals surface area contributed by atoms with Crippen LogP contribution in [-0.4, -0.2) is 0 Å². The summed E-state index contributed by atoms with van der Waals surface area (Å²) in [5.74, 6) is 0. The summed E-state index contributed by atoms with van der Waals surface area (Å²) < 4.78 is 0. The Bertz CT molecular complexity index is 3300. The van der Waals surface area contributed by atoms with Gasteiger partial charge in [0.1, 0.15) is 0 Å². The van der Waals surface area contributed by atoms with E-state index in [1.165, 1.54) is 99.1 Å². The standard InChI is InChI=1S/C58H39N/c1-2-10-38(11-3-1)39-18-24-48(25-19-39)59(49-26-20-40(21-27-49)57-36-44-14-6-7-15-51(44)54-16-8-9-17-55(54)57)50-28-31-53-47(35-50)37-58-52-29-22-43(32-45(52)23-30-56(53)58)46-33-41-12-4-5-13-42(41)34-46/h1-33,35-36H,34,37H2. The summed E-state index contributed by atoms with van der Waals surface area (Å²) in [5, 5.41) is 7.77. The third kappa shape index (κ3) is 5.69. The lowest BCUT2D eigenvalue weighted by molar-refractivity contribution is 1.24. The highest BCUT2D eigenvalue weighted by molar-refractivity contribution is 6.13. The molecule has 0 amide bonds. The highest BCUT2D eigenvalue weighted by Crippen LogP contribution is 2.46. The van der Waals surface area contributed by atoms with Crippen LogP contribution in [-0.2, 0) is 12.8 Å². The first-order chi connectivity index (χ1) is 29.2. The van der Waals surface area contributed by atoms with Gasteiger partial charge in [0, 0.05) is 17.1 Å². The molecular formula is C58H39N. The van der Waals surface area contributed by atoms with Gasteiger partial charge in [-0.1, -0.05) is 164 Å². The monoisotopic (exact) mass is 749 g/mol. The fraction of sp³-hybridized carbons (Fsp3) is 0.0345. The average Bonchev–Trinajstić information content (AvgIpc) is 3.92. The molecule has 0 radical (unpaired) electrons. The van der Waals surface area contributed by atoms with Crippen LogP contribution in [0.25, 0.3) is 77.3 Å². The van der Waals surface area contributed by atoms with Gasteiger partial charge in [0.2, 0.25) is 0 Å². The van der Waals surface area contributed by atoms with Crippen molar-refractivity contribution in [2.75, 3.05) is 4.90 Å². The van der Waals surface area contributed by atoms with E-state index in [1.807, 2.05) is 0 Å². The maximum absolute atomic E-state index is 2.42. The Kier molecular flexibility index (Phi) is 7.74. The first kappa shape index (κ1) is 33.6. The van der Waals surface area contributed by atoms with Gasteiger partial charge in [0.15, 0.2) is 0 Å². The van der Waals surface area contributed by atoms with Gasteiger partial charge in [0.05, 0.1) is 0 Å². The lowest BCUT2D eigenvalue weighted by Gasteiger charge is -2.26. The summed E-state index contributed by atoms with van der Waals surface area (Å²) in [5.41, 5.74) is 19.3. The first-order valence-electron chi connectivity index (χ1n) is 20.7. The highest BCUT2D eigenvalue weighted by atomic mass is 15.1. The second-order valence-electron chi connectivity index (χ2n) is 16.1. The van der Waals surface area contributed by atoms with E-state index in [0.29, 0.717) is 0 Å². The Morgan fingerprint density at radius 1 is 0.322 bits per heavy atom. The van der Waals surface area contributed by atoms with E-state index in [-0.39, 0.29) is 0 Å². The van der Waals surface area contributed by atoms with Crippen molar-refractivity contribution in [1.82, 2.24) is 0 Å². The van der Waals surface area contributed by atoms with Crippen molar-refractivity contribution in [2.45, 2.75) is 12.8 Å². The normalized spacial score (nSPS) is 12.7. The number of benzene rings is 10. The average molecular weight is 750 g/mol. The van der Waals surface area contributed by atoms with E-state index < -0.39 is 0 Å². The molecule has 10 aromatic carbocycles. The minimum absolute atomic E-state index is 0.915. The number of hydrogen-bond acceptors (Lipinski definition) is 1. The second kappa shape index (κ2) is 13.6. The second-order valence-corrected chi connectivity index (χ2v) is 16.1. The van der Waals surface area contributed by atoms with Gasteiger partial charge in [-0.15, -0.1) is 0 Å². The van der Waals surface area contributed by atoms with Crippen molar-refractivity contribution in [3.05, 3.63) is 234 Å². The quantitative estimate of drug-likeness (QED) is 0.153. The maximum atomic E-state index is 2.42. The molecule has 0 fully saturated rings. The Balaban J connectivity index is 0.922. The molecule has 0 aliphatic heterocycles. The zero-order valence-corrected chi connectivity index (χ0v) is 32.6. The van der Waals surface area contributed by atoms with Crippen molar-refractivity contribution >= 4 is 61.0 Å². The van der Waals surface area contributed by atoms with Crippen LogP contribution >= 0.6 is 0 Å². The molecule has 0 N–H and O–H groups in total. The minimum Gasteiger partial charge on any atom is -0.310 e. The van der Waals surface area contributed by atoms with Crippen LogP contribution in [0.5, 0.6) is 0 Å². The van der Waals surface area contributed by atoms with E-state index in [2.05, 4.69) is 217 Å². The maximum Gasteiger partial charge on any atom is 0.0464 e. The number of fused-ring (bicyclic) bond motifs is 9. The molecule has 1 heteroatoms. The van der Waals surface area contributed by atoms with E-state index in [4.69, 9.17) is 0 Å². The molecule has 0 saturated carbocycles. The molecule has 10 aromatic rings. The van der Waals surface area contributed by atoms with Gasteiger partial charge in [0.25, 0.3) is 0 Å². The molecule has 1 nitrogen and oxygen atoms in total. The largest absolute Gasteiger partial charge is 0.310 e. The number of hydrogen-bond donors (Lipinski definition) is 0. The third-order valence-electron chi connectivity index (χ3n) is 12.7. The molecule has 0 spiro atoms. The van der Waals surface area contributed by atoms with Gasteiger partial charge in [-0.05, 0) is 160 Å². The molecule has 0 aromatic heterocycles. The van der Waals surface area contributed by atoms with Crippen LogP contribution in [0.3, 0.4) is 0 Å². The molecule has 12 rings (SSSR count). The lowest BCUT2D eigenvalue weighted by Crippen LogP contribution is -2.10. The number of nitrogens with zero attached hydrogens (tertiary/aromatic N) is 1. The summed E-state index contributed by atoms with van der Waals surface area (Å²) in [4.78, 5) is 2.41. The Morgan fingerprint density at radius 3 is 1.76 bits per heavy atom.